The molecule has 0 radical (unpaired) electrons. The number of nitrogens with zero attached hydrogens (tertiary/aromatic N) is 2. The third kappa shape index (κ3) is 2.91. The Labute approximate surface area is 194 Å². The molecule has 12 nitrogen and oxygen atoms in total. The minimum absolute atomic E-state index is 0.268. The summed E-state index contributed by atoms with van der Waals surface area (Å²) < 4.78 is 10.0. The first-order chi connectivity index (χ1) is 16.1. The fourth-order valence-electron chi connectivity index (χ4n) is 6.50. The smallest absolute Gasteiger partial charge is 0.324 e. The Balaban J connectivity index is 1.35. The molecule has 12 heteroatoms. The molecule has 34 heavy (non-hydrogen) atoms. The predicted molar refractivity (Wildman–Crippen MR) is 110 cm³/mol. The van der Waals surface area contributed by atoms with Gasteiger partial charge in [-0.3, -0.25) is 28.8 Å². The number of amides is 4. The fraction of sp³-hybridized carbons (Fsp3) is 0.636. The van der Waals surface area contributed by atoms with Crippen LogP contribution < -0.4 is 11.5 Å². The minimum atomic E-state index is -0.893. The fourth-order valence-corrected chi connectivity index (χ4v) is 6.50. The van der Waals surface area contributed by atoms with Gasteiger partial charge in [0, 0.05) is 0 Å². The van der Waals surface area contributed by atoms with Crippen LogP contribution in [0.4, 0.5) is 0 Å². The highest BCUT2D eigenvalue weighted by atomic mass is 16.6. The lowest BCUT2D eigenvalue weighted by atomic mass is 9.40. The zero-order valence-electron chi connectivity index (χ0n) is 18.7. The van der Waals surface area contributed by atoms with E-state index >= 15 is 0 Å². The van der Waals surface area contributed by atoms with Crippen molar-refractivity contribution in [1.29, 1.82) is 0 Å². The van der Waals surface area contributed by atoms with Gasteiger partial charge in [-0.2, -0.15) is 0 Å². The number of carbonyl (C=O) groups is 6. The Bertz CT molecular complexity index is 982. The molecule has 0 spiro atoms. The Morgan fingerprint density at radius 2 is 1.06 bits per heavy atom. The van der Waals surface area contributed by atoms with E-state index in [4.69, 9.17) is 20.9 Å². The molecule has 0 aromatic carbocycles. The summed E-state index contributed by atoms with van der Waals surface area (Å²) in [7, 11) is 0. The van der Waals surface area contributed by atoms with Crippen molar-refractivity contribution in [3.63, 3.8) is 0 Å². The first-order valence-corrected chi connectivity index (χ1v) is 11.3. The molecule has 4 amide bonds. The van der Waals surface area contributed by atoms with Gasteiger partial charge in [0.2, 0.25) is 23.6 Å². The summed E-state index contributed by atoms with van der Waals surface area (Å²) in [6.07, 6.45) is 3.73. The van der Waals surface area contributed by atoms with Crippen LogP contribution in [0.25, 0.3) is 0 Å². The lowest BCUT2D eigenvalue weighted by Gasteiger charge is -2.60. The van der Waals surface area contributed by atoms with Crippen LogP contribution >= 0.6 is 0 Å². The predicted octanol–water partition coefficient (Wildman–Crippen LogP) is -2.05. The summed E-state index contributed by atoms with van der Waals surface area (Å²) in [5.74, 6) is -7.16. The molecule has 10 atom stereocenters. The topological polar surface area (TPSA) is 179 Å². The second-order valence-electron chi connectivity index (χ2n) is 9.77. The molecule has 6 rings (SSSR count). The first-order valence-electron chi connectivity index (χ1n) is 11.3. The third-order valence-electron chi connectivity index (χ3n) is 7.94. The van der Waals surface area contributed by atoms with Gasteiger partial charge in [0.25, 0.3) is 0 Å². The van der Waals surface area contributed by atoms with E-state index in [9.17, 15) is 28.8 Å². The summed E-state index contributed by atoms with van der Waals surface area (Å²) in [5, 5.41) is 0. The number of ether oxygens (including phenoxy) is 2. The molecule has 6 aliphatic rings. The van der Waals surface area contributed by atoms with E-state index in [2.05, 4.69) is 0 Å². The van der Waals surface area contributed by atoms with Crippen LogP contribution in [0.5, 0.6) is 0 Å². The summed E-state index contributed by atoms with van der Waals surface area (Å²) in [5.41, 5.74) is 10.9. The highest BCUT2D eigenvalue weighted by Gasteiger charge is 2.75. The normalized spacial score (nSPS) is 38.8. The molecule has 0 aromatic rings. The second kappa shape index (κ2) is 7.70. The monoisotopic (exact) mass is 474 g/mol. The lowest BCUT2D eigenvalue weighted by Crippen LogP contribution is -2.63. The number of nitrogens with two attached hydrogens (primary N) is 2. The minimum Gasteiger partial charge on any atom is -0.443 e. The van der Waals surface area contributed by atoms with Gasteiger partial charge in [-0.25, -0.2) is 9.80 Å². The van der Waals surface area contributed by atoms with Gasteiger partial charge < -0.3 is 20.9 Å². The lowest BCUT2D eigenvalue weighted by molar-refractivity contribution is -0.166. The van der Waals surface area contributed by atoms with Crippen molar-refractivity contribution in [2.75, 3.05) is 13.5 Å². The zero-order valence-corrected chi connectivity index (χ0v) is 18.7. The molecular weight excluding hydrogens is 448 g/mol. The van der Waals surface area contributed by atoms with Crippen molar-refractivity contribution in [2.45, 2.75) is 25.9 Å². The largest absolute Gasteiger partial charge is 0.443 e. The SMILES string of the molecule is C[C@@H](N)C(=O)OCN1C(=O)[C@@H]2[C@@H]3C=C[C@@H]([C@@H]2C1=O)[C@H]1[C@H]2C(=O)N(COC(=O)[C@@H](C)N)C(=O)[C@@H]2[C@H]31. The van der Waals surface area contributed by atoms with Gasteiger partial charge in [-0.15, -0.1) is 0 Å². The van der Waals surface area contributed by atoms with E-state index in [1.807, 2.05) is 12.2 Å². The molecular formula is C22H26N4O8. The van der Waals surface area contributed by atoms with E-state index in [-0.39, 0.29) is 11.8 Å². The van der Waals surface area contributed by atoms with Crippen molar-refractivity contribution < 1.29 is 38.2 Å². The number of allylic oxidation sites excluding steroid dienone is 2. The average molecular weight is 474 g/mol. The molecule has 4 aliphatic carbocycles. The zero-order chi connectivity index (χ0) is 24.6. The molecule has 0 unspecified atom stereocenters. The number of fused-ring (bicyclic) bond motifs is 1. The van der Waals surface area contributed by atoms with Crippen molar-refractivity contribution in [3.05, 3.63) is 12.2 Å². The van der Waals surface area contributed by atoms with Crippen molar-refractivity contribution in [3.8, 4) is 0 Å². The molecule has 2 bridgehead atoms. The number of carbonyl (C=O) groups excluding carboxylic acids is 6. The van der Waals surface area contributed by atoms with E-state index in [0.717, 1.165) is 9.80 Å². The Kier molecular flexibility index (Phi) is 5.13. The van der Waals surface area contributed by atoms with Crippen LogP contribution in [0.15, 0.2) is 12.2 Å². The second-order valence-corrected chi connectivity index (χ2v) is 9.77. The van der Waals surface area contributed by atoms with E-state index in [1.165, 1.54) is 13.8 Å². The number of rotatable bonds is 6. The maximum atomic E-state index is 13.2. The maximum absolute atomic E-state index is 13.2. The summed E-state index contributed by atoms with van der Waals surface area (Å²) in [4.78, 5) is 77.7. The molecule has 2 saturated heterocycles. The number of esters is 2. The van der Waals surface area contributed by atoms with Crippen molar-refractivity contribution >= 4 is 35.6 Å². The van der Waals surface area contributed by atoms with Crippen LogP contribution in [-0.4, -0.2) is 70.9 Å². The highest BCUT2D eigenvalue weighted by molar-refractivity contribution is 6.09. The van der Waals surface area contributed by atoms with Crippen LogP contribution in [0.1, 0.15) is 13.8 Å². The van der Waals surface area contributed by atoms with E-state index in [0.29, 0.717) is 0 Å². The number of hydrogen-bond donors (Lipinski definition) is 2. The Hall–Kier alpha value is -3.12. The van der Waals surface area contributed by atoms with Gasteiger partial charge in [0.05, 0.1) is 23.7 Å². The standard InChI is InChI=1S/C22H26N4O8/c1-7(23)21(31)33-5-25-17(27)13-9-3-4-10(14(13)18(25)28)12-11(9)15-16(12)20(30)26(19(15)29)6-34-22(32)8(2)24/h3-4,7-16H,5-6,23-24H2,1-2H3/t7-,8-,9-,10-,11-,12-,13-,14+,15-,16-/m1/s1. The average Bonchev–Trinajstić information content (AvgIpc) is 3.14. The highest BCUT2D eigenvalue weighted by Crippen LogP contribution is 2.68. The van der Waals surface area contributed by atoms with Crippen LogP contribution in [-0.2, 0) is 38.2 Å². The molecule has 2 aliphatic heterocycles. The third-order valence-corrected chi connectivity index (χ3v) is 7.94. The Morgan fingerprint density at radius 1 is 0.735 bits per heavy atom. The maximum Gasteiger partial charge on any atom is 0.324 e. The van der Waals surface area contributed by atoms with E-state index < -0.39 is 96.6 Å². The molecule has 0 aromatic heterocycles. The van der Waals surface area contributed by atoms with Gasteiger partial charge in [0.1, 0.15) is 12.1 Å². The Morgan fingerprint density at radius 3 is 1.38 bits per heavy atom. The summed E-state index contributed by atoms with van der Waals surface area (Å²) >= 11 is 0. The van der Waals surface area contributed by atoms with Gasteiger partial charge in [-0.1, -0.05) is 12.2 Å². The van der Waals surface area contributed by atoms with Crippen LogP contribution in [0.3, 0.4) is 0 Å². The first kappa shape index (κ1) is 22.7. The van der Waals surface area contributed by atoms with Gasteiger partial charge >= 0.3 is 11.9 Å². The van der Waals surface area contributed by atoms with E-state index in [1.54, 1.807) is 0 Å². The molecule has 4 fully saturated rings. The molecule has 2 heterocycles. The molecule has 4 N–H and O–H groups in total. The van der Waals surface area contributed by atoms with Crippen LogP contribution in [0.2, 0.25) is 0 Å². The molecule has 2 saturated carbocycles. The quantitative estimate of drug-likeness (QED) is 0.247. The summed E-state index contributed by atoms with van der Waals surface area (Å²) in [6, 6.07) is -1.78. The summed E-state index contributed by atoms with van der Waals surface area (Å²) in [6.45, 7) is 1.86. The number of likely N-dealkylation sites (tertiary alicyclic amines) is 2. The van der Waals surface area contributed by atoms with Crippen LogP contribution in [0, 0.1) is 47.3 Å². The van der Waals surface area contributed by atoms with Gasteiger partial charge in [0.15, 0.2) is 13.5 Å². The number of hydrogen-bond acceptors (Lipinski definition) is 10. The van der Waals surface area contributed by atoms with Crippen molar-refractivity contribution in [1.82, 2.24) is 9.80 Å². The number of imide groups is 2. The van der Waals surface area contributed by atoms with Crippen molar-refractivity contribution in [2.24, 2.45) is 58.8 Å². The van der Waals surface area contributed by atoms with Gasteiger partial charge in [-0.05, 0) is 37.5 Å². The molecule has 182 valence electrons.